The van der Waals surface area contributed by atoms with Gasteiger partial charge < -0.3 is 20.4 Å². The van der Waals surface area contributed by atoms with Gasteiger partial charge >= 0.3 is 5.97 Å². The van der Waals surface area contributed by atoms with Crippen LogP contribution in [-0.2, 0) is 4.79 Å². The van der Waals surface area contributed by atoms with Crippen LogP contribution >= 0.6 is 11.3 Å². The van der Waals surface area contributed by atoms with Gasteiger partial charge in [0.15, 0.2) is 0 Å². The van der Waals surface area contributed by atoms with Crippen molar-refractivity contribution in [3.63, 3.8) is 0 Å². The molecule has 2 unspecified atom stereocenters. The van der Waals surface area contributed by atoms with E-state index in [2.05, 4.69) is 20.3 Å². The molecule has 27 heavy (non-hydrogen) atoms. The first-order chi connectivity index (χ1) is 12.8. The van der Waals surface area contributed by atoms with Crippen LogP contribution in [0.15, 0.2) is 23.1 Å². The fraction of sp³-hybridized carbons (Fsp3) is 0.333. The van der Waals surface area contributed by atoms with Crippen LogP contribution in [0.5, 0.6) is 0 Å². The molecule has 0 bridgehead atoms. The molecule has 0 aliphatic heterocycles. The number of hydrogen-bond donors (Lipinski definition) is 4. The predicted molar refractivity (Wildman–Crippen MR) is 102 cm³/mol. The molecule has 4 N–H and O–H groups in total. The Morgan fingerprint density at radius 3 is 2.78 bits per heavy atom. The fourth-order valence-corrected chi connectivity index (χ4v) is 3.93. The summed E-state index contributed by atoms with van der Waals surface area (Å²) in [5.41, 5.74) is 1.12. The quantitative estimate of drug-likeness (QED) is 0.515. The van der Waals surface area contributed by atoms with Crippen molar-refractivity contribution in [3.05, 3.63) is 49.8 Å². The minimum absolute atomic E-state index is 0.127. The third-order valence-corrected chi connectivity index (χ3v) is 5.71. The average Bonchev–Trinajstić information content (AvgIpc) is 3.25. The third kappa shape index (κ3) is 3.63. The standard InChI is InChI=1S/C18H20N4O4S/c1-4-11(18(25)26)22-16(23)13-6-5-12(27-13)8(2)10-7-19-15-14(10)17(24)21-9(3)20-15/h5-8,11H,4H2,1-3H3,(H,22,23)(H,25,26)(H2,19,20,21,24). The van der Waals surface area contributed by atoms with Gasteiger partial charge in [0.2, 0.25) is 0 Å². The molecule has 3 aromatic heterocycles. The monoisotopic (exact) mass is 388 g/mol. The van der Waals surface area contributed by atoms with E-state index in [1.165, 1.54) is 11.3 Å². The van der Waals surface area contributed by atoms with E-state index in [0.717, 1.165) is 10.4 Å². The maximum atomic E-state index is 12.3. The molecule has 0 fully saturated rings. The van der Waals surface area contributed by atoms with Crippen LogP contribution in [0.1, 0.15) is 52.1 Å². The number of aromatic nitrogens is 3. The van der Waals surface area contributed by atoms with Gasteiger partial charge in [0, 0.05) is 17.0 Å². The van der Waals surface area contributed by atoms with Gasteiger partial charge in [-0.05, 0) is 31.0 Å². The number of thiophene rings is 1. The number of nitrogens with one attached hydrogen (secondary N) is 3. The van der Waals surface area contributed by atoms with E-state index in [1.54, 1.807) is 26.1 Å². The summed E-state index contributed by atoms with van der Waals surface area (Å²) in [6.45, 7) is 5.36. The predicted octanol–water partition coefficient (Wildman–Crippen LogP) is 2.37. The molecule has 0 aliphatic rings. The summed E-state index contributed by atoms with van der Waals surface area (Å²) >= 11 is 1.28. The van der Waals surface area contributed by atoms with Gasteiger partial charge in [0.25, 0.3) is 11.5 Å². The molecule has 3 aromatic rings. The molecular formula is C18H20N4O4S. The second kappa shape index (κ2) is 7.36. The molecule has 0 aromatic carbocycles. The highest BCUT2D eigenvalue weighted by atomic mass is 32.1. The van der Waals surface area contributed by atoms with Crippen molar-refractivity contribution in [2.24, 2.45) is 0 Å². The van der Waals surface area contributed by atoms with Crippen LogP contribution in [0.3, 0.4) is 0 Å². The van der Waals surface area contributed by atoms with Crippen LogP contribution < -0.4 is 10.9 Å². The highest BCUT2D eigenvalue weighted by Gasteiger charge is 2.22. The fourth-order valence-electron chi connectivity index (χ4n) is 2.95. The van der Waals surface area contributed by atoms with Crippen LogP contribution in [0.25, 0.3) is 11.0 Å². The van der Waals surface area contributed by atoms with E-state index in [-0.39, 0.29) is 11.5 Å². The lowest BCUT2D eigenvalue weighted by Gasteiger charge is -2.11. The number of H-pyrrole nitrogens is 2. The lowest BCUT2D eigenvalue weighted by Crippen LogP contribution is -2.39. The molecule has 0 saturated carbocycles. The van der Waals surface area contributed by atoms with Crippen LogP contribution in [0, 0.1) is 6.92 Å². The van der Waals surface area contributed by atoms with Crippen molar-refractivity contribution in [1.82, 2.24) is 20.3 Å². The average molecular weight is 388 g/mol. The van der Waals surface area contributed by atoms with Crippen molar-refractivity contribution >= 4 is 34.2 Å². The Balaban J connectivity index is 1.87. The summed E-state index contributed by atoms with van der Waals surface area (Å²) in [6, 6.07) is 2.57. The Hall–Kier alpha value is -2.94. The molecule has 9 heteroatoms. The highest BCUT2D eigenvalue weighted by Crippen LogP contribution is 2.32. The van der Waals surface area contributed by atoms with E-state index < -0.39 is 17.9 Å². The number of nitrogens with zero attached hydrogens (tertiary/aromatic N) is 1. The van der Waals surface area contributed by atoms with Crippen molar-refractivity contribution in [3.8, 4) is 0 Å². The Morgan fingerprint density at radius 1 is 1.37 bits per heavy atom. The summed E-state index contributed by atoms with van der Waals surface area (Å²) in [5, 5.41) is 12.1. The van der Waals surface area contributed by atoms with E-state index in [0.29, 0.717) is 28.2 Å². The molecule has 0 saturated heterocycles. The van der Waals surface area contributed by atoms with Crippen LogP contribution in [-0.4, -0.2) is 38.0 Å². The summed E-state index contributed by atoms with van der Waals surface area (Å²) in [6.07, 6.45) is 2.06. The topological polar surface area (TPSA) is 128 Å². The zero-order valence-corrected chi connectivity index (χ0v) is 15.9. The minimum Gasteiger partial charge on any atom is -0.480 e. The first-order valence-electron chi connectivity index (χ1n) is 8.53. The molecule has 3 rings (SSSR count). The Morgan fingerprint density at radius 2 is 2.11 bits per heavy atom. The normalized spacial score (nSPS) is 13.4. The molecule has 2 atom stereocenters. The lowest BCUT2D eigenvalue weighted by molar-refractivity contribution is -0.139. The largest absolute Gasteiger partial charge is 0.480 e. The number of fused-ring (bicyclic) bond motifs is 1. The summed E-state index contributed by atoms with van der Waals surface area (Å²) < 4.78 is 0. The molecule has 0 radical (unpaired) electrons. The first kappa shape index (κ1) is 18.8. The van der Waals surface area contributed by atoms with Crippen LogP contribution in [0.4, 0.5) is 0 Å². The second-order valence-electron chi connectivity index (χ2n) is 6.32. The summed E-state index contributed by atoms with van der Waals surface area (Å²) in [5.74, 6) is -1.07. The van der Waals surface area contributed by atoms with Gasteiger partial charge in [-0.2, -0.15) is 0 Å². The van der Waals surface area contributed by atoms with Crippen molar-refractivity contribution < 1.29 is 14.7 Å². The molecule has 142 valence electrons. The summed E-state index contributed by atoms with van der Waals surface area (Å²) in [7, 11) is 0. The van der Waals surface area contributed by atoms with Gasteiger partial charge in [0.1, 0.15) is 17.5 Å². The zero-order valence-electron chi connectivity index (χ0n) is 15.1. The number of hydrogen-bond acceptors (Lipinski definition) is 5. The second-order valence-corrected chi connectivity index (χ2v) is 7.43. The number of amides is 1. The number of carboxylic acids is 1. The zero-order chi connectivity index (χ0) is 19.7. The molecule has 8 nitrogen and oxygen atoms in total. The number of carbonyl (C=O) groups is 2. The van der Waals surface area contributed by atoms with Crippen molar-refractivity contribution in [2.45, 2.75) is 39.2 Å². The number of aliphatic carboxylic acids is 1. The Kier molecular flexibility index (Phi) is 5.13. The van der Waals surface area contributed by atoms with E-state index in [4.69, 9.17) is 5.11 Å². The van der Waals surface area contributed by atoms with Crippen LogP contribution in [0.2, 0.25) is 0 Å². The number of carbonyl (C=O) groups excluding carboxylic acids is 1. The van der Waals surface area contributed by atoms with Gasteiger partial charge in [-0.25, -0.2) is 9.78 Å². The number of rotatable bonds is 6. The van der Waals surface area contributed by atoms with Gasteiger partial charge in [-0.1, -0.05) is 13.8 Å². The Bertz CT molecular complexity index is 1060. The molecule has 3 heterocycles. The van der Waals surface area contributed by atoms with E-state index >= 15 is 0 Å². The highest BCUT2D eigenvalue weighted by molar-refractivity contribution is 7.14. The molecular weight excluding hydrogens is 368 g/mol. The maximum absolute atomic E-state index is 12.3. The minimum atomic E-state index is -1.06. The van der Waals surface area contributed by atoms with Gasteiger partial charge in [-0.15, -0.1) is 11.3 Å². The smallest absolute Gasteiger partial charge is 0.326 e. The number of aryl methyl sites for hydroxylation is 1. The maximum Gasteiger partial charge on any atom is 0.326 e. The number of aromatic amines is 2. The number of carboxylic acid groups (broad SMARTS) is 1. The lowest BCUT2D eigenvalue weighted by atomic mass is 10.0. The third-order valence-electron chi connectivity index (χ3n) is 4.45. The van der Waals surface area contributed by atoms with Gasteiger partial charge in [0.05, 0.1) is 10.3 Å². The van der Waals surface area contributed by atoms with Gasteiger partial charge in [-0.3, -0.25) is 9.59 Å². The molecule has 0 spiro atoms. The molecule has 1 amide bonds. The van der Waals surface area contributed by atoms with E-state index in [9.17, 15) is 14.4 Å². The first-order valence-corrected chi connectivity index (χ1v) is 9.34. The van der Waals surface area contributed by atoms with Crippen molar-refractivity contribution in [2.75, 3.05) is 0 Å². The summed E-state index contributed by atoms with van der Waals surface area (Å²) in [4.78, 5) is 47.1. The van der Waals surface area contributed by atoms with E-state index in [1.807, 2.05) is 13.0 Å². The SMILES string of the molecule is CCC(NC(=O)c1ccc(C(C)c2c[nH]c3nc(C)[nH]c(=O)c23)s1)C(=O)O. The van der Waals surface area contributed by atoms with Crippen molar-refractivity contribution in [1.29, 1.82) is 0 Å². The molecule has 0 aliphatic carbocycles. The Labute approximate surface area is 158 Å².